The first kappa shape index (κ1) is 33.6. The average Bonchev–Trinajstić information content (AvgIpc) is 2.56. The van der Waals surface area contributed by atoms with Crippen molar-refractivity contribution < 1.29 is 100 Å². The smallest absolute Gasteiger partial charge is 0.547 e. The molecular formula is C11H22NNaO14. The molecule has 0 aliphatic heterocycles. The summed E-state index contributed by atoms with van der Waals surface area (Å²) in [6.07, 6.45) is -15.1. The molecule has 27 heavy (non-hydrogen) atoms. The van der Waals surface area contributed by atoms with Gasteiger partial charge in [0.15, 0.2) is 6.10 Å². The van der Waals surface area contributed by atoms with Crippen molar-refractivity contribution in [3.8, 4) is 0 Å². The van der Waals surface area contributed by atoms with Gasteiger partial charge in [0.1, 0.15) is 36.6 Å². The maximum absolute atomic E-state index is 9.98. The Balaban J connectivity index is -0.000000183. The van der Waals surface area contributed by atoms with Gasteiger partial charge in [-0.15, -0.1) is 0 Å². The fraction of sp³-hybridized carbons (Fsp3) is 0.727. The summed E-state index contributed by atoms with van der Waals surface area (Å²) in [4.78, 5) is 29.8. The van der Waals surface area contributed by atoms with Gasteiger partial charge < -0.3 is 71.9 Å². The van der Waals surface area contributed by atoms with Crippen molar-refractivity contribution >= 4 is 17.9 Å². The Bertz CT molecular complexity index is 431. The minimum atomic E-state index is -2.42. The zero-order valence-corrected chi connectivity index (χ0v) is 16.3. The maximum Gasteiger partial charge on any atom is 1.00 e. The molecule has 0 aromatic carbocycles. The fourth-order valence-corrected chi connectivity index (χ4v) is 1.12. The predicted molar refractivity (Wildman–Crippen MR) is 72.8 cm³/mol. The van der Waals surface area contributed by atoms with Crippen molar-refractivity contribution in [3.63, 3.8) is 0 Å². The van der Waals surface area contributed by atoms with Crippen LogP contribution in [0.15, 0.2) is 0 Å². The Kier molecular flexibility index (Phi) is 20.0. The number of aliphatic hydroxyl groups is 8. The maximum atomic E-state index is 9.98. The average molecular weight is 415 g/mol. The Morgan fingerprint density at radius 2 is 1.04 bits per heavy atom. The normalized spacial score (nSPS) is 17.8. The van der Waals surface area contributed by atoms with Crippen LogP contribution in [0.3, 0.4) is 0 Å². The van der Waals surface area contributed by atoms with Gasteiger partial charge in [0.2, 0.25) is 0 Å². The molecule has 15 nitrogen and oxygen atoms in total. The summed E-state index contributed by atoms with van der Waals surface area (Å²) >= 11 is 0. The van der Waals surface area contributed by atoms with Crippen molar-refractivity contribution in [2.75, 3.05) is 6.61 Å². The van der Waals surface area contributed by atoms with Gasteiger partial charge in [0.25, 0.3) is 0 Å². The summed E-state index contributed by atoms with van der Waals surface area (Å²) < 4.78 is 0. The predicted octanol–water partition coefficient (Wildman–Crippen LogP) is -11.5. The first-order valence-electron chi connectivity index (χ1n) is 6.31. The van der Waals surface area contributed by atoms with Gasteiger partial charge in [0, 0.05) is 0 Å². The van der Waals surface area contributed by atoms with Crippen LogP contribution < -0.4 is 45.9 Å². The quantitative estimate of drug-likeness (QED) is 0.156. The summed E-state index contributed by atoms with van der Waals surface area (Å²) in [5, 5.41) is 96.9. The van der Waals surface area contributed by atoms with Crippen LogP contribution in [-0.4, -0.2) is 113 Å². The molecule has 0 aromatic heterocycles. The van der Waals surface area contributed by atoms with Gasteiger partial charge in [-0.1, -0.05) is 0 Å². The molecule has 16 heteroatoms. The zero-order chi connectivity index (χ0) is 20.5. The van der Waals surface area contributed by atoms with E-state index in [1.54, 1.807) is 0 Å². The first-order valence-corrected chi connectivity index (χ1v) is 6.31. The number of carbonyl (C=O) groups excluding carboxylic acids is 2. The number of aliphatic carboxylic acids is 3. The van der Waals surface area contributed by atoms with E-state index in [4.69, 9.17) is 46.0 Å². The fourth-order valence-electron chi connectivity index (χ4n) is 1.12. The second-order valence-corrected chi connectivity index (χ2v) is 4.53. The number of quaternary nitrogens is 1. The van der Waals surface area contributed by atoms with Crippen LogP contribution in [0.1, 0.15) is 0 Å². The van der Waals surface area contributed by atoms with Gasteiger partial charge in [-0.3, -0.25) is 0 Å². The number of carbonyl (C=O) groups is 3. The number of carboxylic acids is 3. The molecule has 0 aromatic rings. The second kappa shape index (κ2) is 16.0. The topological polar surface area (TPSA) is 316 Å². The van der Waals surface area contributed by atoms with Crippen molar-refractivity contribution in [1.82, 2.24) is 6.15 Å². The van der Waals surface area contributed by atoms with Gasteiger partial charge in [-0.05, 0) is 0 Å². The number of hydrogen-bond donors (Lipinski definition) is 10. The van der Waals surface area contributed by atoms with Crippen LogP contribution in [0.25, 0.3) is 0 Å². The molecule has 0 fully saturated rings. The van der Waals surface area contributed by atoms with Crippen LogP contribution in [0.5, 0.6) is 0 Å². The van der Waals surface area contributed by atoms with Crippen molar-refractivity contribution in [2.45, 2.75) is 42.7 Å². The van der Waals surface area contributed by atoms with E-state index in [1.807, 2.05) is 0 Å². The van der Waals surface area contributed by atoms with E-state index in [-0.39, 0.29) is 35.7 Å². The summed E-state index contributed by atoms with van der Waals surface area (Å²) in [6.45, 7) is -0.863. The molecule has 0 unspecified atom stereocenters. The third-order valence-corrected chi connectivity index (χ3v) is 2.64. The largest absolute Gasteiger partial charge is 1.00 e. The standard InChI is InChI=1S/C6H12O7.C5H8O7.H3N.Na/c7-1-2(8)3(9)4(10)5(11)6(12)13;6-1(2(7)4(9)10)3(8)5(11)12;;/h2-5,7-11H,1H2,(H,12,13);1-3,6-8H,(H,9,10)(H,11,12);1H3;/q;;;+1/p-1/t2-,3-,4+,5-;1-,2-,3+;;/m1.../s1. The van der Waals surface area contributed by atoms with Crippen LogP contribution >= 0.6 is 0 Å². The molecule has 0 bridgehead atoms. The van der Waals surface area contributed by atoms with Crippen molar-refractivity contribution in [3.05, 3.63) is 0 Å². The number of aliphatic hydroxyl groups excluding tert-OH is 8. The van der Waals surface area contributed by atoms with E-state index >= 15 is 0 Å². The molecule has 0 rings (SSSR count). The van der Waals surface area contributed by atoms with Crippen LogP contribution in [0.2, 0.25) is 0 Å². The van der Waals surface area contributed by atoms with Crippen LogP contribution in [-0.2, 0) is 14.4 Å². The molecule has 0 spiro atoms. The molecule has 0 heterocycles. The Labute approximate surface area is 173 Å². The minimum Gasteiger partial charge on any atom is -0.547 e. The third kappa shape index (κ3) is 12.2. The third-order valence-electron chi connectivity index (χ3n) is 2.64. The SMILES string of the molecule is O=C([O-])[C@@H](O)[C@H](O)[C@@H](O)C(=O)O.O=C([O-])[C@H](O)[C@@H](O)[C@H](O)[C@H](O)CO.[NH4+].[Na+]. The summed E-state index contributed by atoms with van der Waals surface area (Å²) in [6, 6.07) is 0. The molecule has 0 aliphatic rings. The molecule has 13 N–H and O–H groups in total. The van der Waals surface area contributed by atoms with E-state index in [0.29, 0.717) is 0 Å². The first-order chi connectivity index (χ1) is 11.3. The molecule has 7 atom stereocenters. The van der Waals surface area contributed by atoms with E-state index < -0.39 is 67.2 Å². The Morgan fingerprint density at radius 1 is 0.704 bits per heavy atom. The van der Waals surface area contributed by atoms with E-state index in [9.17, 15) is 24.6 Å². The van der Waals surface area contributed by atoms with E-state index in [0.717, 1.165) is 0 Å². The summed E-state index contributed by atoms with van der Waals surface area (Å²) in [5.74, 6) is -5.86. The summed E-state index contributed by atoms with van der Waals surface area (Å²) in [7, 11) is 0. The van der Waals surface area contributed by atoms with Crippen LogP contribution in [0, 0.1) is 0 Å². The van der Waals surface area contributed by atoms with Gasteiger partial charge in [-0.25, -0.2) is 4.79 Å². The number of rotatable bonds is 9. The molecule has 0 amide bonds. The van der Waals surface area contributed by atoms with Crippen LogP contribution in [0.4, 0.5) is 0 Å². The molecule has 0 aliphatic carbocycles. The summed E-state index contributed by atoms with van der Waals surface area (Å²) in [5.41, 5.74) is 0. The number of carboxylic acid groups (broad SMARTS) is 3. The zero-order valence-electron chi connectivity index (χ0n) is 14.3. The van der Waals surface area contributed by atoms with Crippen molar-refractivity contribution in [2.24, 2.45) is 0 Å². The Morgan fingerprint density at radius 3 is 1.30 bits per heavy atom. The van der Waals surface area contributed by atoms with E-state index in [1.165, 1.54) is 0 Å². The second-order valence-electron chi connectivity index (χ2n) is 4.53. The molecule has 0 radical (unpaired) electrons. The van der Waals surface area contributed by atoms with Gasteiger partial charge in [-0.2, -0.15) is 0 Å². The Hall–Kier alpha value is -0.950. The monoisotopic (exact) mass is 415 g/mol. The molecule has 0 saturated heterocycles. The number of hydrogen-bond acceptors (Lipinski definition) is 13. The minimum absolute atomic E-state index is 0. The van der Waals surface area contributed by atoms with Crippen molar-refractivity contribution in [1.29, 1.82) is 0 Å². The molecular weight excluding hydrogens is 393 g/mol. The van der Waals surface area contributed by atoms with E-state index in [2.05, 4.69) is 0 Å². The molecule has 0 saturated carbocycles. The van der Waals surface area contributed by atoms with Gasteiger partial charge in [0.05, 0.1) is 18.5 Å². The van der Waals surface area contributed by atoms with Gasteiger partial charge >= 0.3 is 35.5 Å². The molecule has 156 valence electrons.